The van der Waals surface area contributed by atoms with Crippen molar-refractivity contribution in [1.82, 2.24) is 9.94 Å². The molecule has 3 nitrogen and oxygen atoms in total. The summed E-state index contributed by atoms with van der Waals surface area (Å²) < 4.78 is 0. The van der Waals surface area contributed by atoms with Gasteiger partial charge in [0.05, 0.1) is 6.20 Å². The molecule has 0 spiro atoms. The Morgan fingerprint density at radius 1 is 1.83 bits per heavy atom. The Bertz CT molecular complexity index is 112. The minimum Gasteiger partial charge on any atom is -0.405 e. The Kier molecular flexibility index (Phi) is 0.457. The van der Waals surface area contributed by atoms with E-state index in [9.17, 15) is 0 Å². The summed E-state index contributed by atoms with van der Waals surface area (Å²) in [6.45, 7) is 0. The summed E-state index contributed by atoms with van der Waals surface area (Å²) in [5.41, 5.74) is 0. The molecular formula is C3H2N2O. The zero-order valence-electron chi connectivity index (χ0n) is 2.92. The molecule has 0 aromatic carbocycles. The Hall–Kier alpha value is -1.17. The number of hydrogen-bond acceptors (Lipinski definition) is 2. The molecule has 0 amide bonds. The Balaban J connectivity index is 3.05. The van der Waals surface area contributed by atoms with Crippen molar-refractivity contribution in [3.63, 3.8) is 0 Å². The van der Waals surface area contributed by atoms with E-state index in [-0.39, 0.29) is 0 Å². The van der Waals surface area contributed by atoms with Crippen molar-refractivity contribution in [1.29, 1.82) is 0 Å². The highest BCUT2D eigenvalue weighted by Crippen LogP contribution is 1.60. The van der Waals surface area contributed by atoms with Crippen LogP contribution in [0.2, 0.25) is 0 Å². The van der Waals surface area contributed by atoms with Gasteiger partial charge in [0.25, 0.3) is 0 Å². The van der Waals surface area contributed by atoms with Crippen molar-refractivity contribution >= 4 is 0 Å². The SMILES string of the molecule is On1c#ccn1. The zero-order chi connectivity index (χ0) is 4.41. The number of nitrogens with zero attached hydrogens (tertiary/aromatic N) is 2. The molecule has 3 heteroatoms. The van der Waals surface area contributed by atoms with Gasteiger partial charge in [0, 0.05) is 0 Å². The summed E-state index contributed by atoms with van der Waals surface area (Å²) in [6, 6.07) is 2.41. The third kappa shape index (κ3) is 0.279. The lowest BCUT2D eigenvalue weighted by Crippen LogP contribution is -1.86. The molecule has 0 unspecified atom stereocenters. The molecule has 0 atom stereocenters. The van der Waals surface area contributed by atoms with E-state index < -0.39 is 0 Å². The van der Waals surface area contributed by atoms with Crippen LogP contribution in [0.5, 0.6) is 0 Å². The Labute approximate surface area is 34.8 Å². The van der Waals surface area contributed by atoms with E-state index in [4.69, 9.17) is 5.21 Å². The second kappa shape index (κ2) is 0.902. The molecule has 0 bridgehead atoms. The maximum atomic E-state index is 8.19. The van der Waals surface area contributed by atoms with Gasteiger partial charge in [-0.3, -0.25) is 0 Å². The summed E-state index contributed by atoms with van der Waals surface area (Å²) >= 11 is 0. The molecule has 0 saturated heterocycles. The summed E-state index contributed by atoms with van der Waals surface area (Å²) in [4.78, 5) is 0.569. The maximum Gasteiger partial charge on any atom is 0.103 e. The van der Waals surface area contributed by atoms with Gasteiger partial charge in [-0.15, -0.1) is 5.10 Å². The first kappa shape index (κ1) is 3.04. The molecule has 0 saturated carbocycles. The monoisotopic (exact) mass is 82.0 g/mol. The summed E-state index contributed by atoms with van der Waals surface area (Å²) in [5.74, 6) is 0. The van der Waals surface area contributed by atoms with Gasteiger partial charge in [-0.1, -0.05) is 4.85 Å². The third-order valence-electron chi connectivity index (χ3n) is 0.396. The second-order valence-electron chi connectivity index (χ2n) is 0.790. The third-order valence-corrected chi connectivity index (χ3v) is 0.396. The summed E-state index contributed by atoms with van der Waals surface area (Å²) in [6.07, 6.45) is 3.56. The van der Waals surface area contributed by atoms with E-state index in [1.165, 1.54) is 6.20 Å². The van der Waals surface area contributed by atoms with Crippen molar-refractivity contribution in [2.75, 3.05) is 0 Å². The van der Waals surface area contributed by atoms with E-state index in [1.54, 1.807) is 0 Å². The molecule has 1 rings (SSSR count). The summed E-state index contributed by atoms with van der Waals surface area (Å²) in [7, 11) is 0. The van der Waals surface area contributed by atoms with Crippen LogP contribution >= 0.6 is 0 Å². The standard InChI is InChI=1S/C3H2N2O/c6-5-3-1-2-4-5/h2,6H. The molecule has 0 aliphatic rings. The summed E-state index contributed by atoms with van der Waals surface area (Å²) in [5, 5.41) is 11.5. The van der Waals surface area contributed by atoms with Gasteiger partial charge in [0.15, 0.2) is 0 Å². The lowest BCUT2D eigenvalue weighted by molar-refractivity contribution is 0.148. The lowest BCUT2D eigenvalue weighted by Gasteiger charge is -1.72. The van der Waals surface area contributed by atoms with Gasteiger partial charge in [0.2, 0.25) is 0 Å². The molecule has 30 valence electrons. The molecule has 1 aromatic rings. The zero-order valence-corrected chi connectivity index (χ0v) is 2.92. The molecule has 1 N–H and O–H groups in total. The number of aromatic nitrogens is 2. The van der Waals surface area contributed by atoms with Crippen LogP contribution in [-0.2, 0) is 0 Å². The number of rotatable bonds is 0. The fourth-order valence-corrected chi connectivity index (χ4v) is 0.199. The molecule has 1 heterocycles. The van der Waals surface area contributed by atoms with Crippen molar-refractivity contribution in [2.45, 2.75) is 0 Å². The van der Waals surface area contributed by atoms with E-state index in [0.29, 0.717) is 4.85 Å². The van der Waals surface area contributed by atoms with Gasteiger partial charge < -0.3 is 5.21 Å². The van der Waals surface area contributed by atoms with Crippen molar-refractivity contribution in [3.8, 4) is 0 Å². The van der Waals surface area contributed by atoms with Crippen LogP contribution in [0.1, 0.15) is 0 Å². The molecule has 0 aliphatic carbocycles. The predicted octanol–water partition coefficient (Wildman–Crippen LogP) is -0.279. The first-order chi connectivity index (χ1) is 2.89. The van der Waals surface area contributed by atoms with Crippen LogP contribution in [-0.4, -0.2) is 15.2 Å². The normalized spacial score (nSPS) is 7.33. The largest absolute Gasteiger partial charge is 0.405 e. The quantitative estimate of drug-likeness (QED) is 0.437. The van der Waals surface area contributed by atoms with Crippen molar-refractivity contribution in [3.05, 3.63) is 18.5 Å². The van der Waals surface area contributed by atoms with Crippen LogP contribution in [0.15, 0.2) is 6.20 Å². The smallest absolute Gasteiger partial charge is 0.103 e. The average molecular weight is 82.1 g/mol. The fourth-order valence-electron chi connectivity index (χ4n) is 0.199. The Morgan fingerprint density at radius 2 is 2.67 bits per heavy atom. The number of hydrogen-bond donors (Lipinski definition) is 1. The van der Waals surface area contributed by atoms with E-state index in [0.717, 1.165) is 0 Å². The molecule has 0 aliphatic heterocycles. The minimum atomic E-state index is 0.569. The van der Waals surface area contributed by atoms with Gasteiger partial charge in [-0.2, -0.15) is 0 Å². The maximum absolute atomic E-state index is 8.19. The van der Waals surface area contributed by atoms with Crippen LogP contribution in [0.4, 0.5) is 0 Å². The van der Waals surface area contributed by atoms with Crippen LogP contribution in [0.3, 0.4) is 0 Å². The van der Waals surface area contributed by atoms with Gasteiger partial charge in [-0.25, -0.2) is 0 Å². The van der Waals surface area contributed by atoms with Gasteiger partial charge in [-0.05, 0) is 6.07 Å². The van der Waals surface area contributed by atoms with E-state index in [2.05, 4.69) is 17.4 Å². The van der Waals surface area contributed by atoms with Crippen LogP contribution in [0.25, 0.3) is 0 Å². The highest BCUT2D eigenvalue weighted by molar-refractivity contribution is 4.55. The molecule has 1 aromatic heterocycles. The van der Waals surface area contributed by atoms with E-state index in [1.807, 2.05) is 0 Å². The molecular weight excluding hydrogens is 80.0 g/mol. The molecule has 0 radical (unpaired) electrons. The van der Waals surface area contributed by atoms with Crippen LogP contribution in [0, 0.1) is 12.3 Å². The fraction of sp³-hybridized carbons (Fsp3) is 0. The first-order valence-corrected chi connectivity index (χ1v) is 1.42. The Morgan fingerprint density at radius 3 is 2.83 bits per heavy atom. The van der Waals surface area contributed by atoms with Crippen LogP contribution < -0.4 is 0 Å². The van der Waals surface area contributed by atoms with Crippen molar-refractivity contribution < 1.29 is 5.21 Å². The van der Waals surface area contributed by atoms with Gasteiger partial charge >= 0.3 is 0 Å². The molecule has 6 heavy (non-hydrogen) atoms. The minimum absolute atomic E-state index is 0.569. The highest BCUT2D eigenvalue weighted by Gasteiger charge is 1.67. The topological polar surface area (TPSA) is 38.0 Å². The average Bonchev–Trinajstić information content (AvgIpc) is 1.86. The molecule has 0 fully saturated rings. The van der Waals surface area contributed by atoms with Gasteiger partial charge in [0.1, 0.15) is 6.20 Å². The van der Waals surface area contributed by atoms with Crippen molar-refractivity contribution in [2.24, 2.45) is 0 Å². The lowest BCUT2D eigenvalue weighted by atomic mass is 10.9. The predicted molar refractivity (Wildman–Crippen MR) is 17.1 cm³/mol. The first-order valence-electron chi connectivity index (χ1n) is 1.42. The second-order valence-corrected chi connectivity index (χ2v) is 0.790. The van der Waals surface area contributed by atoms with E-state index >= 15 is 0 Å². The highest BCUT2D eigenvalue weighted by atomic mass is 16.5.